The van der Waals surface area contributed by atoms with Crippen LogP contribution in [0.4, 0.5) is 11.6 Å². The molecule has 1 N–H and O–H groups in total. The predicted molar refractivity (Wildman–Crippen MR) is 121 cm³/mol. The molecule has 1 amide bonds. The molecule has 3 aromatic heterocycles. The van der Waals surface area contributed by atoms with E-state index < -0.39 is 0 Å². The lowest BCUT2D eigenvalue weighted by molar-refractivity contribution is -0.129. The number of aryl methyl sites for hydroxylation is 2. The van der Waals surface area contributed by atoms with Crippen LogP contribution in [0.2, 0.25) is 0 Å². The molecule has 0 aromatic carbocycles. The summed E-state index contributed by atoms with van der Waals surface area (Å²) in [6, 6.07) is 11.3. The predicted octanol–water partition coefficient (Wildman–Crippen LogP) is 4.39. The first-order chi connectivity index (χ1) is 15.1. The average molecular weight is 415 g/mol. The summed E-state index contributed by atoms with van der Waals surface area (Å²) in [7, 11) is 0. The number of carbonyl (C=O) groups excluding carboxylic acids is 1. The average Bonchev–Trinajstić information content (AvgIpc) is 2.78. The number of hydrogen-bond donors (Lipinski definition) is 1. The molecule has 7 heteroatoms. The first kappa shape index (κ1) is 20.7. The van der Waals surface area contributed by atoms with Crippen LogP contribution >= 0.6 is 0 Å². The monoisotopic (exact) mass is 414 g/mol. The number of piperidine rings is 1. The van der Waals surface area contributed by atoms with Crippen LogP contribution in [0, 0.1) is 13.8 Å². The number of aromatic nitrogens is 4. The molecule has 1 atom stereocenters. The third-order valence-electron chi connectivity index (χ3n) is 5.20. The van der Waals surface area contributed by atoms with Crippen LogP contribution in [0.15, 0.2) is 54.9 Å². The number of nitrogens with one attached hydrogen (secondary N) is 1. The van der Waals surface area contributed by atoms with Crippen molar-refractivity contribution in [3.8, 4) is 0 Å². The van der Waals surface area contributed by atoms with Crippen LogP contribution in [0.3, 0.4) is 0 Å². The number of hydrogen-bond acceptors (Lipinski definition) is 6. The fourth-order valence-electron chi connectivity index (χ4n) is 3.75. The van der Waals surface area contributed by atoms with Crippen molar-refractivity contribution in [2.24, 2.45) is 0 Å². The highest BCUT2D eigenvalue weighted by molar-refractivity contribution is 5.92. The van der Waals surface area contributed by atoms with E-state index in [1.807, 2.05) is 55.1 Å². The molecule has 158 valence electrons. The first-order valence-electron chi connectivity index (χ1n) is 10.5. The highest BCUT2D eigenvalue weighted by Crippen LogP contribution is 2.30. The molecule has 4 rings (SSSR count). The number of anilines is 2. The van der Waals surface area contributed by atoms with Gasteiger partial charge in [-0.05, 0) is 62.9 Å². The molecule has 0 aliphatic carbocycles. The Morgan fingerprint density at radius 3 is 2.77 bits per heavy atom. The topological polar surface area (TPSA) is 83.9 Å². The van der Waals surface area contributed by atoms with Gasteiger partial charge in [-0.15, -0.1) is 0 Å². The van der Waals surface area contributed by atoms with Gasteiger partial charge in [0.15, 0.2) is 5.82 Å². The maximum atomic E-state index is 13.0. The van der Waals surface area contributed by atoms with Gasteiger partial charge in [-0.2, -0.15) is 0 Å². The van der Waals surface area contributed by atoms with Crippen LogP contribution in [0.5, 0.6) is 0 Å². The lowest BCUT2D eigenvalue weighted by Gasteiger charge is -2.34. The van der Waals surface area contributed by atoms with Gasteiger partial charge in [-0.3, -0.25) is 9.78 Å². The van der Waals surface area contributed by atoms with Crippen molar-refractivity contribution in [3.63, 3.8) is 0 Å². The molecule has 0 saturated carbocycles. The van der Waals surface area contributed by atoms with E-state index in [-0.39, 0.29) is 11.9 Å². The van der Waals surface area contributed by atoms with Crippen LogP contribution in [-0.4, -0.2) is 37.3 Å². The van der Waals surface area contributed by atoms with Gasteiger partial charge in [0, 0.05) is 42.5 Å². The number of pyridine rings is 2. The SMILES string of the molecule is Cc1cccc(Nc2cc(C)nc(C3CCCCN3C(=O)/C=C/c3cccnc3)n2)n1. The Morgan fingerprint density at radius 2 is 1.97 bits per heavy atom. The smallest absolute Gasteiger partial charge is 0.247 e. The Morgan fingerprint density at radius 1 is 1.06 bits per heavy atom. The van der Waals surface area contributed by atoms with Crippen molar-refractivity contribution in [3.05, 3.63) is 77.6 Å². The second-order valence-corrected chi connectivity index (χ2v) is 7.70. The van der Waals surface area contributed by atoms with E-state index >= 15 is 0 Å². The second kappa shape index (κ2) is 9.47. The molecule has 1 aliphatic rings. The van der Waals surface area contributed by atoms with Gasteiger partial charge >= 0.3 is 0 Å². The van der Waals surface area contributed by atoms with Crippen molar-refractivity contribution in [2.45, 2.75) is 39.2 Å². The van der Waals surface area contributed by atoms with E-state index in [1.165, 1.54) is 0 Å². The minimum atomic E-state index is -0.147. The van der Waals surface area contributed by atoms with Gasteiger partial charge in [-0.25, -0.2) is 15.0 Å². The fraction of sp³-hybridized carbons (Fsp3) is 0.292. The maximum Gasteiger partial charge on any atom is 0.247 e. The zero-order valence-electron chi connectivity index (χ0n) is 17.8. The third kappa shape index (κ3) is 5.31. The summed E-state index contributed by atoms with van der Waals surface area (Å²) in [6.07, 6.45) is 9.73. The van der Waals surface area contributed by atoms with Crippen LogP contribution < -0.4 is 5.32 Å². The highest BCUT2D eigenvalue weighted by Gasteiger charge is 2.29. The molecule has 0 radical (unpaired) electrons. The van der Waals surface area contributed by atoms with Crippen molar-refractivity contribution in [1.29, 1.82) is 0 Å². The van der Waals surface area contributed by atoms with Crippen LogP contribution in [0.25, 0.3) is 6.08 Å². The van der Waals surface area contributed by atoms with E-state index in [9.17, 15) is 4.79 Å². The van der Waals surface area contributed by atoms with Gasteiger partial charge in [0.2, 0.25) is 5.91 Å². The molecular weight excluding hydrogens is 388 g/mol. The van der Waals surface area contributed by atoms with Crippen molar-refractivity contribution < 1.29 is 4.79 Å². The maximum absolute atomic E-state index is 13.0. The zero-order valence-corrected chi connectivity index (χ0v) is 17.8. The second-order valence-electron chi connectivity index (χ2n) is 7.70. The van der Waals surface area contributed by atoms with Gasteiger partial charge < -0.3 is 10.2 Å². The lowest BCUT2D eigenvalue weighted by atomic mass is 10.0. The molecule has 1 unspecified atom stereocenters. The molecule has 4 heterocycles. The number of carbonyl (C=O) groups is 1. The first-order valence-corrected chi connectivity index (χ1v) is 10.5. The van der Waals surface area contributed by atoms with E-state index in [0.717, 1.165) is 42.0 Å². The summed E-state index contributed by atoms with van der Waals surface area (Å²) >= 11 is 0. The Balaban J connectivity index is 1.56. The molecule has 31 heavy (non-hydrogen) atoms. The van der Waals surface area contributed by atoms with E-state index in [1.54, 1.807) is 24.5 Å². The number of amides is 1. The summed E-state index contributed by atoms with van der Waals surface area (Å²) in [5, 5.41) is 3.27. The Bertz CT molecular complexity index is 1080. The fourth-order valence-corrected chi connectivity index (χ4v) is 3.75. The normalized spacial score (nSPS) is 16.5. The molecule has 0 spiro atoms. The third-order valence-corrected chi connectivity index (χ3v) is 5.20. The van der Waals surface area contributed by atoms with Crippen molar-refractivity contribution in [2.75, 3.05) is 11.9 Å². The Hall–Kier alpha value is -3.61. The van der Waals surface area contributed by atoms with E-state index in [2.05, 4.69) is 20.3 Å². The van der Waals surface area contributed by atoms with Gasteiger partial charge in [0.05, 0.1) is 6.04 Å². The molecule has 1 saturated heterocycles. The summed E-state index contributed by atoms with van der Waals surface area (Å²) in [6.45, 7) is 4.59. The lowest BCUT2D eigenvalue weighted by Crippen LogP contribution is -2.38. The standard InChI is InChI=1S/C24H26N6O/c1-17-7-5-10-21(26-17)28-22-15-18(2)27-24(29-22)20-9-3-4-14-30(20)23(31)12-11-19-8-6-13-25-16-19/h5-8,10-13,15-16,20H,3-4,9,14H2,1-2H3,(H,26,27,28,29)/b12-11+. The van der Waals surface area contributed by atoms with E-state index in [0.29, 0.717) is 18.2 Å². The van der Waals surface area contributed by atoms with Gasteiger partial charge in [0.25, 0.3) is 0 Å². The molecule has 0 bridgehead atoms. The van der Waals surface area contributed by atoms with Gasteiger partial charge in [0.1, 0.15) is 11.6 Å². The van der Waals surface area contributed by atoms with E-state index in [4.69, 9.17) is 4.98 Å². The zero-order chi connectivity index (χ0) is 21.6. The molecule has 1 fully saturated rings. The van der Waals surface area contributed by atoms with Crippen molar-refractivity contribution in [1.82, 2.24) is 24.8 Å². The minimum Gasteiger partial charge on any atom is -0.329 e. The summed E-state index contributed by atoms with van der Waals surface area (Å²) in [5.41, 5.74) is 2.68. The molecular formula is C24H26N6O. The molecule has 7 nitrogen and oxygen atoms in total. The Labute approximate surface area is 182 Å². The number of nitrogens with zero attached hydrogens (tertiary/aromatic N) is 5. The highest BCUT2D eigenvalue weighted by atomic mass is 16.2. The summed E-state index contributed by atoms with van der Waals surface area (Å²) in [5.74, 6) is 2.05. The largest absolute Gasteiger partial charge is 0.329 e. The summed E-state index contributed by atoms with van der Waals surface area (Å²) < 4.78 is 0. The summed E-state index contributed by atoms with van der Waals surface area (Å²) in [4.78, 5) is 32.9. The Kier molecular flexibility index (Phi) is 6.31. The quantitative estimate of drug-likeness (QED) is 0.623. The van der Waals surface area contributed by atoms with Crippen molar-refractivity contribution >= 4 is 23.6 Å². The van der Waals surface area contributed by atoms with Crippen LogP contribution in [0.1, 0.15) is 48.1 Å². The number of likely N-dealkylation sites (tertiary alicyclic amines) is 1. The number of rotatable bonds is 5. The minimum absolute atomic E-state index is 0.0338. The van der Waals surface area contributed by atoms with Crippen LogP contribution in [-0.2, 0) is 4.79 Å². The van der Waals surface area contributed by atoms with Gasteiger partial charge in [-0.1, -0.05) is 12.1 Å². The molecule has 3 aromatic rings. The molecule has 1 aliphatic heterocycles.